The number of carbonyl (C=O) groups is 3. The Hall–Kier alpha value is -3.06. The summed E-state index contributed by atoms with van der Waals surface area (Å²) in [6.07, 6.45) is 0.931. The lowest BCUT2D eigenvalue weighted by Crippen LogP contribution is -2.41. The normalized spacial score (nSPS) is 14.1. The number of nitrogens with zero attached hydrogens (tertiary/aromatic N) is 1. The largest absolute Gasteiger partial charge is 0.496 e. The highest BCUT2D eigenvalue weighted by Crippen LogP contribution is 2.26. The molecule has 1 aliphatic rings. The number of carbonyl (C=O) groups excluding carboxylic acids is 3. The first-order valence-electron chi connectivity index (χ1n) is 10.0. The summed E-state index contributed by atoms with van der Waals surface area (Å²) in [7, 11) is 1.50. The zero-order valence-corrected chi connectivity index (χ0v) is 18.3. The third kappa shape index (κ3) is 5.98. The number of methoxy groups -OCH3 is 1. The Balaban J connectivity index is 1.47. The van der Waals surface area contributed by atoms with Crippen LogP contribution in [0.3, 0.4) is 0 Å². The number of esters is 1. The van der Waals surface area contributed by atoms with E-state index in [-0.39, 0.29) is 18.4 Å². The number of hydrogen-bond donors (Lipinski definition) is 1. The van der Waals surface area contributed by atoms with Gasteiger partial charge in [0.25, 0.3) is 11.8 Å². The van der Waals surface area contributed by atoms with Gasteiger partial charge in [0.2, 0.25) is 0 Å². The summed E-state index contributed by atoms with van der Waals surface area (Å²) in [6.45, 7) is 2.43. The van der Waals surface area contributed by atoms with Gasteiger partial charge >= 0.3 is 5.97 Å². The lowest BCUT2D eigenvalue weighted by Gasteiger charge is -2.31. The Labute approximate surface area is 186 Å². The molecule has 31 heavy (non-hydrogen) atoms. The highest BCUT2D eigenvalue weighted by molar-refractivity contribution is 6.31. The molecule has 3 rings (SSSR count). The maximum absolute atomic E-state index is 12.8. The van der Waals surface area contributed by atoms with Crippen molar-refractivity contribution in [3.63, 3.8) is 0 Å². The standard InChI is InChI=1S/C23H25ClN2O5/c1-15-3-6-18(7-4-15)25-21(27)14-31-23(29)16-9-11-26(12-10-16)22(28)19-13-17(24)5-8-20(19)30-2/h3-8,13,16H,9-12,14H2,1-2H3,(H,25,27). The van der Waals surface area contributed by atoms with E-state index in [9.17, 15) is 14.4 Å². The van der Waals surface area contributed by atoms with E-state index in [0.29, 0.717) is 48.0 Å². The number of anilines is 1. The second-order valence-corrected chi connectivity index (χ2v) is 7.87. The van der Waals surface area contributed by atoms with Crippen LogP contribution < -0.4 is 10.1 Å². The number of hydrogen-bond acceptors (Lipinski definition) is 5. The van der Waals surface area contributed by atoms with Crippen LogP contribution in [0.5, 0.6) is 5.75 Å². The molecule has 0 radical (unpaired) electrons. The Morgan fingerprint density at radius 2 is 1.77 bits per heavy atom. The third-order valence-corrected chi connectivity index (χ3v) is 5.42. The molecule has 2 aromatic rings. The van der Waals surface area contributed by atoms with Gasteiger partial charge in [0.15, 0.2) is 6.61 Å². The fourth-order valence-electron chi connectivity index (χ4n) is 3.42. The van der Waals surface area contributed by atoms with Crippen molar-refractivity contribution in [1.29, 1.82) is 0 Å². The fourth-order valence-corrected chi connectivity index (χ4v) is 3.60. The molecular weight excluding hydrogens is 420 g/mol. The highest BCUT2D eigenvalue weighted by Gasteiger charge is 2.30. The second-order valence-electron chi connectivity index (χ2n) is 7.43. The highest BCUT2D eigenvalue weighted by atomic mass is 35.5. The van der Waals surface area contributed by atoms with Gasteiger partial charge in [-0.05, 0) is 50.1 Å². The molecule has 1 aliphatic heterocycles. The molecule has 1 N–H and O–H groups in total. The molecule has 1 fully saturated rings. The predicted octanol–water partition coefficient (Wildman–Crippen LogP) is 3.69. The molecule has 0 aromatic heterocycles. The monoisotopic (exact) mass is 444 g/mol. The smallest absolute Gasteiger partial charge is 0.309 e. The summed E-state index contributed by atoms with van der Waals surface area (Å²) in [4.78, 5) is 38.9. The zero-order valence-electron chi connectivity index (χ0n) is 17.5. The first-order chi connectivity index (χ1) is 14.9. The first-order valence-corrected chi connectivity index (χ1v) is 10.4. The van der Waals surface area contributed by atoms with Crippen molar-refractivity contribution >= 4 is 35.1 Å². The summed E-state index contributed by atoms with van der Waals surface area (Å²) < 4.78 is 10.4. The van der Waals surface area contributed by atoms with Crippen LogP contribution in [-0.4, -0.2) is 49.5 Å². The summed E-state index contributed by atoms with van der Waals surface area (Å²) in [5.41, 5.74) is 2.13. The van der Waals surface area contributed by atoms with Crippen molar-refractivity contribution in [2.75, 3.05) is 32.1 Å². The molecule has 0 spiro atoms. The van der Waals surface area contributed by atoms with Crippen LogP contribution in [0.25, 0.3) is 0 Å². The van der Waals surface area contributed by atoms with E-state index in [1.54, 1.807) is 35.2 Å². The quantitative estimate of drug-likeness (QED) is 0.687. The van der Waals surface area contributed by atoms with Crippen LogP contribution in [0.15, 0.2) is 42.5 Å². The van der Waals surface area contributed by atoms with Crippen LogP contribution in [0.1, 0.15) is 28.8 Å². The van der Waals surface area contributed by atoms with Crippen LogP contribution in [0, 0.1) is 12.8 Å². The average Bonchev–Trinajstić information content (AvgIpc) is 2.78. The molecule has 1 heterocycles. The Kier molecular flexibility index (Phi) is 7.52. The molecule has 0 atom stereocenters. The molecule has 1 saturated heterocycles. The van der Waals surface area contributed by atoms with Gasteiger partial charge < -0.3 is 19.7 Å². The van der Waals surface area contributed by atoms with E-state index < -0.39 is 11.9 Å². The van der Waals surface area contributed by atoms with Crippen molar-refractivity contribution in [2.45, 2.75) is 19.8 Å². The van der Waals surface area contributed by atoms with Gasteiger partial charge in [-0.1, -0.05) is 29.3 Å². The lowest BCUT2D eigenvalue weighted by atomic mass is 9.96. The molecule has 2 aromatic carbocycles. The SMILES string of the molecule is COc1ccc(Cl)cc1C(=O)N1CCC(C(=O)OCC(=O)Nc2ccc(C)cc2)CC1. The van der Waals surface area contributed by atoms with Gasteiger partial charge in [-0.25, -0.2) is 0 Å². The van der Waals surface area contributed by atoms with E-state index in [1.165, 1.54) is 7.11 Å². The van der Waals surface area contributed by atoms with E-state index in [4.69, 9.17) is 21.1 Å². The minimum atomic E-state index is -0.425. The number of aryl methyl sites for hydroxylation is 1. The van der Waals surface area contributed by atoms with E-state index in [1.807, 2.05) is 19.1 Å². The van der Waals surface area contributed by atoms with Crippen LogP contribution in [-0.2, 0) is 14.3 Å². The molecule has 0 bridgehead atoms. The van der Waals surface area contributed by atoms with Crippen molar-refractivity contribution in [3.8, 4) is 5.75 Å². The van der Waals surface area contributed by atoms with Crippen molar-refractivity contribution < 1.29 is 23.9 Å². The molecule has 0 unspecified atom stereocenters. The van der Waals surface area contributed by atoms with E-state index in [2.05, 4.69) is 5.32 Å². The van der Waals surface area contributed by atoms with Crippen LogP contribution >= 0.6 is 11.6 Å². The van der Waals surface area contributed by atoms with E-state index >= 15 is 0 Å². The van der Waals surface area contributed by atoms with Crippen LogP contribution in [0.2, 0.25) is 5.02 Å². The van der Waals surface area contributed by atoms with Gasteiger partial charge in [0.05, 0.1) is 18.6 Å². The predicted molar refractivity (Wildman–Crippen MR) is 117 cm³/mol. The summed E-state index contributed by atoms with van der Waals surface area (Å²) in [5.74, 6) is -0.902. The first kappa shape index (κ1) is 22.6. The van der Waals surface area contributed by atoms with Crippen LogP contribution in [0.4, 0.5) is 5.69 Å². The van der Waals surface area contributed by atoms with Crippen molar-refractivity contribution in [1.82, 2.24) is 4.90 Å². The molecule has 164 valence electrons. The number of amides is 2. The molecule has 0 aliphatic carbocycles. The summed E-state index contributed by atoms with van der Waals surface area (Å²) >= 11 is 6.02. The number of likely N-dealkylation sites (tertiary alicyclic amines) is 1. The average molecular weight is 445 g/mol. The second kappa shape index (κ2) is 10.3. The summed E-state index contributed by atoms with van der Waals surface area (Å²) in [5, 5.41) is 3.14. The molecule has 8 heteroatoms. The maximum atomic E-state index is 12.8. The Bertz CT molecular complexity index is 953. The minimum Gasteiger partial charge on any atom is -0.496 e. The van der Waals surface area contributed by atoms with Gasteiger partial charge in [0.1, 0.15) is 5.75 Å². The molecule has 7 nitrogen and oxygen atoms in total. The number of benzene rings is 2. The Morgan fingerprint density at radius 1 is 1.10 bits per heavy atom. The fraction of sp³-hybridized carbons (Fsp3) is 0.348. The number of ether oxygens (including phenoxy) is 2. The van der Waals surface area contributed by atoms with Crippen molar-refractivity contribution in [3.05, 3.63) is 58.6 Å². The lowest BCUT2D eigenvalue weighted by molar-refractivity contribution is -0.152. The van der Waals surface area contributed by atoms with E-state index in [0.717, 1.165) is 5.56 Å². The maximum Gasteiger partial charge on any atom is 0.309 e. The van der Waals surface area contributed by atoms with Gasteiger partial charge in [-0.15, -0.1) is 0 Å². The van der Waals surface area contributed by atoms with Gasteiger partial charge in [0, 0.05) is 23.8 Å². The molecular formula is C23H25ClN2O5. The number of nitrogens with one attached hydrogen (secondary N) is 1. The minimum absolute atomic E-state index is 0.191. The topological polar surface area (TPSA) is 84.9 Å². The molecule has 2 amide bonds. The number of rotatable bonds is 6. The Morgan fingerprint density at radius 3 is 2.42 bits per heavy atom. The summed E-state index contributed by atoms with van der Waals surface area (Å²) in [6, 6.07) is 12.2. The number of halogens is 1. The number of piperidine rings is 1. The molecule has 0 saturated carbocycles. The van der Waals surface area contributed by atoms with Gasteiger partial charge in [-0.2, -0.15) is 0 Å². The zero-order chi connectivity index (χ0) is 22.4. The van der Waals surface area contributed by atoms with Gasteiger partial charge in [-0.3, -0.25) is 14.4 Å². The third-order valence-electron chi connectivity index (χ3n) is 5.19. The van der Waals surface area contributed by atoms with Crippen molar-refractivity contribution in [2.24, 2.45) is 5.92 Å².